The SMILES string of the molecule is CC(CNC(=O)C1CCCC(N)C1)N1CCc2sccc2C1. The van der Waals surface area contributed by atoms with Gasteiger partial charge < -0.3 is 11.1 Å². The number of amides is 1. The Balaban J connectivity index is 1.46. The van der Waals surface area contributed by atoms with Crippen LogP contribution in [0.4, 0.5) is 0 Å². The molecule has 0 bridgehead atoms. The molecule has 1 aromatic heterocycles. The number of nitrogens with zero attached hydrogens (tertiary/aromatic N) is 1. The fourth-order valence-corrected chi connectivity index (χ4v) is 4.52. The minimum atomic E-state index is 0.126. The van der Waals surface area contributed by atoms with Gasteiger partial charge in [0.15, 0.2) is 0 Å². The van der Waals surface area contributed by atoms with Gasteiger partial charge in [-0.15, -0.1) is 11.3 Å². The van der Waals surface area contributed by atoms with Crippen molar-refractivity contribution in [3.05, 3.63) is 21.9 Å². The molecule has 1 amide bonds. The van der Waals surface area contributed by atoms with Gasteiger partial charge >= 0.3 is 0 Å². The average Bonchev–Trinajstić information content (AvgIpc) is 2.99. The number of carbonyl (C=O) groups is 1. The lowest BCUT2D eigenvalue weighted by Gasteiger charge is -2.33. The molecule has 0 spiro atoms. The van der Waals surface area contributed by atoms with Gasteiger partial charge in [0.2, 0.25) is 5.91 Å². The zero-order valence-corrected chi connectivity index (χ0v) is 14.2. The Bertz CT molecular complexity index is 516. The summed E-state index contributed by atoms with van der Waals surface area (Å²) < 4.78 is 0. The van der Waals surface area contributed by atoms with E-state index >= 15 is 0 Å². The third-order valence-electron chi connectivity index (χ3n) is 5.12. The number of hydrogen-bond donors (Lipinski definition) is 2. The second-order valence-corrected chi connectivity index (χ2v) is 7.81. The molecule has 1 fully saturated rings. The van der Waals surface area contributed by atoms with Crippen molar-refractivity contribution in [3.8, 4) is 0 Å². The van der Waals surface area contributed by atoms with Crippen LogP contribution in [0.25, 0.3) is 0 Å². The molecule has 1 aliphatic heterocycles. The van der Waals surface area contributed by atoms with Crippen molar-refractivity contribution in [2.24, 2.45) is 11.7 Å². The molecule has 4 nitrogen and oxygen atoms in total. The maximum atomic E-state index is 12.3. The summed E-state index contributed by atoms with van der Waals surface area (Å²) in [5, 5.41) is 5.34. The maximum Gasteiger partial charge on any atom is 0.223 e. The molecule has 22 heavy (non-hydrogen) atoms. The first-order valence-electron chi connectivity index (χ1n) is 8.46. The van der Waals surface area contributed by atoms with Gasteiger partial charge in [0.05, 0.1) is 0 Å². The van der Waals surface area contributed by atoms with Crippen molar-refractivity contribution in [3.63, 3.8) is 0 Å². The highest BCUT2D eigenvalue weighted by atomic mass is 32.1. The van der Waals surface area contributed by atoms with Gasteiger partial charge in [0.25, 0.3) is 0 Å². The molecule has 0 saturated heterocycles. The lowest BCUT2D eigenvalue weighted by Crippen LogP contribution is -2.46. The molecule has 3 atom stereocenters. The van der Waals surface area contributed by atoms with Crippen LogP contribution < -0.4 is 11.1 Å². The first-order valence-corrected chi connectivity index (χ1v) is 9.34. The van der Waals surface area contributed by atoms with Crippen LogP contribution in [0.2, 0.25) is 0 Å². The van der Waals surface area contributed by atoms with E-state index in [2.05, 4.69) is 28.6 Å². The molecule has 3 rings (SSSR count). The molecular weight excluding hydrogens is 294 g/mol. The minimum absolute atomic E-state index is 0.126. The summed E-state index contributed by atoms with van der Waals surface area (Å²) in [6.45, 7) is 5.07. The van der Waals surface area contributed by atoms with Gasteiger partial charge in [-0.2, -0.15) is 0 Å². The third kappa shape index (κ3) is 3.70. The smallest absolute Gasteiger partial charge is 0.223 e. The number of hydrogen-bond acceptors (Lipinski definition) is 4. The normalized spacial score (nSPS) is 27.2. The molecule has 1 aromatic rings. The van der Waals surface area contributed by atoms with Crippen LogP contribution in [0, 0.1) is 5.92 Å². The second kappa shape index (κ2) is 7.11. The lowest BCUT2D eigenvalue weighted by molar-refractivity contribution is -0.126. The average molecular weight is 321 g/mol. The Labute approximate surface area is 137 Å². The van der Waals surface area contributed by atoms with Gasteiger partial charge in [-0.1, -0.05) is 6.42 Å². The number of nitrogens with two attached hydrogens (primary N) is 1. The molecule has 3 N–H and O–H groups in total. The number of rotatable bonds is 4. The first kappa shape index (κ1) is 16.0. The fraction of sp³-hybridized carbons (Fsp3) is 0.706. The van der Waals surface area contributed by atoms with E-state index in [0.717, 1.165) is 51.7 Å². The van der Waals surface area contributed by atoms with Gasteiger partial charge in [-0.05, 0) is 49.6 Å². The Morgan fingerprint density at radius 3 is 3.23 bits per heavy atom. The monoisotopic (exact) mass is 321 g/mol. The number of thiophene rings is 1. The molecule has 0 aromatic carbocycles. The summed E-state index contributed by atoms with van der Waals surface area (Å²) in [6, 6.07) is 2.83. The van der Waals surface area contributed by atoms with E-state index in [9.17, 15) is 4.79 Å². The highest BCUT2D eigenvalue weighted by Crippen LogP contribution is 2.25. The quantitative estimate of drug-likeness (QED) is 0.893. The van der Waals surface area contributed by atoms with Crippen molar-refractivity contribution in [2.75, 3.05) is 13.1 Å². The zero-order chi connectivity index (χ0) is 15.5. The van der Waals surface area contributed by atoms with Crippen LogP contribution >= 0.6 is 11.3 Å². The van der Waals surface area contributed by atoms with Crippen molar-refractivity contribution in [1.82, 2.24) is 10.2 Å². The fourth-order valence-electron chi connectivity index (χ4n) is 3.63. The van der Waals surface area contributed by atoms with Gasteiger partial charge in [0.1, 0.15) is 0 Å². The standard InChI is InChI=1S/C17H27N3OS/c1-12(20-7-5-16-14(11-20)6-8-22-16)10-19-17(21)13-3-2-4-15(18)9-13/h6,8,12-13,15H,2-5,7,9-11,18H2,1H3,(H,19,21). The minimum Gasteiger partial charge on any atom is -0.354 e. The van der Waals surface area contributed by atoms with Crippen molar-refractivity contribution < 1.29 is 4.79 Å². The summed E-state index contributed by atoms with van der Waals surface area (Å²) in [7, 11) is 0. The van der Waals surface area contributed by atoms with Crippen molar-refractivity contribution in [1.29, 1.82) is 0 Å². The van der Waals surface area contributed by atoms with Crippen LogP contribution in [-0.2, 0) is 17.8 Å². The van der Waals surface area contributed by atoms with E-state index in [-0.39, 0.29) is 17.9 Å². The zero-order valence-electron chi connectivity index (χ0n) is 13.4. The number of fused-ring (bicyclic) bond motifs is 1. The summed E-state index contributed by atoms with van der Waals surface area (Å²) in [4.78, 5) is 16.3. The second-order valence-electron chi connectivity index (χ2n) is 6.81. The van der Waals surface area contributed by atoms with Gasteiger partial charge in [-0.3, -0.25) is 9.69 Å². The Morgan fingerprint density at radius 2 is 2.41 bits per heavy atom. The highest BCUT2D eigenvalue weighted by molar-refractivity contribution is 7.10. The molecule has 1 saturated carbocycles. The van der Waals surface area contributed by atoms with Crippen LogP contribution in [0.15, 0.2) is 11.4 Å². The largest absolute Gasteiger partial charge is 0.354 e. The summed E-state index contributed by atoms with van der Waals surface area (Å²) in [5.74, 6) is 0.330. The molecule has 5 heteroatoms. The molecule has 2 heterocycles. The number of carbonyl (C=O) groups excluding carboxylic acids is 1. The van der Waals surface area contributed by atoms with Crippen molar-refractivity contribution >= 4 is 17.2 Å². The Hall–Kier alpha value is -0.910. The van der Waals surface area contributed by atoms with E-state index in [4.69, 9.17) is 5.73 Å². The van der Waals surface area contributed by atoms with E-state index in [1.165, 1.54) is 10.4 Å². The van der Waals surface area contributed by atoms with Gasteiger partial charge in [0, 0.05) is 42.5 Å². The molecular formula is C17H27N3OS. The van der Waals surface area contributed by atoms with E-state index in [1.54, 1.807) is 0 Å². The Morgan fingerprint density at radius 1 is 1.55 bits per heavy atom. The van der Waals surface area contributed by atoms with E-state index < -0.39 is 0 Å². The van der Waals surface area contributed by atoms with Crippen molar-refractivity contribution in [2.45, 2.75) is 57.7 Å². The molecule has 3 unspecified atom stereocenters. The third-order valence-corrected chi connectivity index (χ3v) is 6.14. The van der Waals surface area contributed by atoms with E-state index in [1.807, 2.05) is 11.3 Å². The predicted molar refractivity (Wildman–Crippen MR) is 90.8 cm³/mol. The van der Waals surface area contributed by atoms with Gasteiger partial charge in [-0.25, -0.2) is 0 Å². The Kier molecular flexibility index (Phi) is 5.16. The highest BCUT2D eigenvalue weighted by Gasteiger charge is 2.26. The first-order chi connectivity index (χ1) is 10.6. The number of nitrogens with one attached hydrogen (secondary N) is 1. The van der Waals surface area contributed by atoms with E-state index in [0.29, 0.717) is 6.04 Å². The lowest BCUT2D eigenvalue weighted by atomic mass is 9.85. The molecule has 122 valence electrons. The molecule has 2 aliphatic rings. The molecule has 0 radical (unpaired) electrons. The molecule has 1 aliphatic carbocycles. The predicted octanol–water partition coefficient (Wildman–Crippen LogP) is 2.13. The van der Waals surface area contributed by atoms with Crippen LogP contribution in [0.1, 0.15) is 43.0 Å². The van der Waals surface area contributed by atoms with Crippen LogP contribution in [0.5, 0.6) is 0 Å². The topological polar surface area (TPSA) is 58.4 Å². The summed E-state index contributed by atoms with van der Waals surface area (Å²) >= 11 is 1.87. The summed E-state index contributed by atoms with van der Waals surface area (Å²) in [6.07, 6.45) is 5.14. The van der Waals surface area contributed by atoms with Crippen LogP contribution in [0.3, 0.4) is 0 Å². The maximum absolute atomic E-state index is 12.3. The summed E-state index contributed by atoms with van der Waals surface area (Å²) in [5.41, 5.74) is 7.45. The van der Waals surface area contributed by atoms with Crippen LogP contribution in [-0.4, -0.2) is 36.0 Å².